The Morgan fingerprint density at radius 1 is 1.47 bits per heavy atom. The van der Waals surface area contributed by atoms with Crippen LogP contribution in [0.5, 0.6) is 5.75 Å². The number of nitrogens with one attached hydrogen (secondary N) is 1. The lowest BCUT2D eigenvalue weighted by Gasteiger charge is -2.13. The number of phenolic OH excluding ortho intramolecular Hbond substituents is 1. The van der Waals surface area contributed by atoms with Crippen molar-refractivity contribution in [3.63, 3.8) is 0 Å². The first-order valence-corrected chi connectivity index (χ1v) is 5.36. The summed E-state index contributed by atoms with van der Waals surface area (Å²) in [5.41, 5.74) is 1.03. The van der Waals surface area contributed by atoms with Gasteiger partial charge < -0.3 is 10.4 Å². The Morgan fingerprint density at radius 2 is 2.33 bits per heavy atom. The van der Waals surface area contributed by atoms with Crippen LogP contribution in [-0.4, -0.2) is 14.7 Å². The smallest absolute Gasteiger partial charge is 0.130 e. The molecule has 1 heterocycles. The topological polar surface area (TPSA) is 58.0 Å². The Hall–Kier alpha value is -1.62. The lowest BCUT2D eigenvalue weighted by Crippen LogP contribution is -2.04. The van der Waals surface area contributed by atoms with Crippen LogP contribution < -0.4 is 5.32 Å². The number of aromatic hydroxyl groups is 1. The van der Waals surface area contributed by atoms with Gasteiger partial charge in [-0.3, -0.25) is 0 Å². The Kier molecular flexibility index (Phi) is 2.82. The van der Waals surface area contributed by atoms with Crippen LogP contribution in [0.15, 0.2) is 30.5 Å². The van der Waals surface area contributed by atoms with E-state index in [0.29, 0.717) is 0 Å². The zero-order valence-electron chi connectivity index (χ0n) is 8.21. The molecule has 0 amide bonds. The van der Waals surface area contributed by atoms with Crippen molar-refractivity contribution in [2.75, 3.05) is 5.32 Å². The number of phenols is 1. The number of aromatic nitrogens is 2. The summed E-state index contributed by atoms with van der Waals surface area (Å²) in [5, 5.41) is 17.3. The Labute approximate surface area is 91.8 Å². The van der Waals surface area contributed by atoms with Crippen molar-refractivity contribution >= 4 is 16.5 Å². The molecular weight excluding hydrogens is 210 g/mol. The van der Waals surface area contributed by atoms with E-state index in [1.165, 1.54) is 11.5 Å². The first-order chi connectivity index (χ1) is 7.25. The van der Waals surface area contributed by atoms with E-state index in [2.05, 4.69) is 14.9 Å². The maximum atomic E-state index is 9.34. The first-order valence-electron chi connectivity index (χ1n) is 4.58. The molecule has 1 aromatic carbocycles. The number of hydrogen-bond acceptors (Lipinski definition) is 5. The second-order valence-corrected chi connectivity index (χ2v) is 4.03. The van der Waals surface area contributed by atoms with Crippen LogP contribution in [0, 0.1) is 0 Å². The number of hydrogen-bond donors (Lipinski definition) is 2. The highest BCUT2D eigenvalue weighted by Crippen LogP contribution is 2.22. The minimum Gasteiger partial charge on any atom is -0.508 e. The number of benzene rings is 1. The number of nitrogens with zero attached hydrogens (tertiary/aromatic N) is 2. The molecule has 0 saturated carbocycles. The van der Waals surface area contributed by atoms with Crippen LogP contribution in [0.1, 0.15) is 18.5 Å². The highest BCUT2D eigenvalue weighted by atomic mass is 32.1. The molecule has 15 heavy (non-hydrogen) atoms. The zero-order chi connectivity index (χ0) is 10.7. The SMILES string of the molecule is CC(Nc1cnns1)c1cccc(O)c1. The summed E-state index contributed by atoms with van der Waals surface area (Å²) in [6, 6.07) is 7.32. The van der Waals surface area contributed by atoms with Gasteiger partial charge in [0.25, 0.3) is 0 Å². The predicted octanol–water partition coefficient (Wildman–Crippen LogP) is 2.42. The minimum absolute atomic E-state index is 0.124. The Bertz CT molecular complexity index is 430. The van der Waals surface area contributed by atoms with Gasteiger partial charge in [0.05, 0.1) is 6.20 Å². The third-order valence-electron chi connectivity index (χ3n) is 2.09. The minimum atomic E-state index is 0.124. The van der Waals surface area contributed by atoms with E-state index >= 15 is 0 Å². The molecule has 4 nitrogen and oxygen atoms in total. The second-order valence-electron chi connectivity index (χ2n) is 3.24. The molecule has 1 atom stereocenters. The Balaban J connectivity index is 2.11. The van der Waals surface area contributed by atoms with Gasteiger partial charge in [-0.25, -0.2) is 0 Å². The normalized spacial score (nSPS) is 12.3. The molecule has 0 aliphatic heterocycles. The van der Waals surface area contributed by atoms with Gasteiger partial charge in [0, 0.05) is 17.6 Å². The summed E-state index contributed by atoms with van der Waals surface area (Å²) in [5.74, 6) is 0.281. The molecule has 2 rings (SSSR count). The van der Waals surface area contributed by atoms with Gasteiger partial charge in [-0.1, -0.05) is 16.6 Å². The predicted molar refractivity (Wildman–Crippen MR) is 60.1 cm³/mol. The molecule has 0 spiro atoms. The molecule has 5 heteroatoms. The summed E-state index contributed by atoms with van der Waals surface area (Å²) < 4.78 is 3.77. The van der Waals surface area contributed by atoms with Crippen LogP contribution in [-0.2, 0) is 0 Å². The summed E-state index contributed by atoms with van der Waals surface area (Å²) >= 11 is 1.32. The van der Waals surface area contributed by atoms with Crippen molar-refractivity contribution in [1.82, 2.24) is 9.59 Å². The second kappa shape index (κ2) is 4.27. The lowest BCUT2D eigenvalue weighted by atomic mass is 10.1. The van der Waals surface area contributed by atoms with Gasteiger partial charge in [-0.2, -0.15) is 0 Å². The van der Waals surface area contributed by atoms with Crippen molar-refractivity contribution in [3.05, 3.63) is 36.0 Å². The standard InChI is InChI=1S/C10H11N3OS/c1-7(12-10-6-11-13-15-10)8-3-2-4-9(14)5-8/h2-7,12,14H,1H3. The average molecular weight is 221 g/mol. The maximum Gasteiger partial charge on any atom is 0.130 e. The van der Waals surface area contributed by atoms with E-state index in [1.54, 1.807) is 18.3 Å². The molecule has 2 aromatic rings. The molecule has 2 N–H and O–H groups in total. The van der Waals surface area contributed by atoms with Gasteiger partial charge >= 0.3 is 0 Å². The highest BCUT2D eigenvalue weighted by Gasteiger charge is 2.06. The van der Waals surface area contributed by atoms with E-state index in [0.717, 1.165) is 10.6 Å². The average Bonchev–Trinajstić information content (AvgIpc) is 2.70. The van der Waals surface area contributed by atoms with Crippen molar-refractivity contribution in [2.24, 2.45) is 0 Å². The van der Waals surface area contributed by atoms with Crippen molar-refractivity contribution in [1.29, 1.82) is 0 Å². The van der Waals surface area contributed by atoms with E-state index in [-0.39, 0.29) is 11.8 Å². The van der Waals surface area contributed by atoms with Crippen LogP contribution >= 0.6 is 11.5 Å². The summed E-state index contributed by atoms with van der Waals surface area (Å²) in [7, 11) is 0. The van der Waals surface area contributed by atoms with E-state index in [1.807, 2.05) is 19.1 Å². The third kappa shape index (κ3) is 2.44. The summed E-state index contributed by atoms with van der Waals surface area (Å²) in [4.78, 5) is 0. The molecule has 0 fully saturated rings. The van der Waals surface area contributed by atoms with E-state index in [9.17, 15) is 5.11 Å². The van der Waals surface area contributed by atoms with Crippen LogP contribution in [0.25, 0.3) is 0 Å². The fourth-order valence-electron chi connectivity index (χ4n) is 1.32. The largest absolute Gasteiger partial charge is 0.508 e. The summed E-state index contributed by atoms with van der Waals surface area (Å²) in [6.45, 7) is 2.02. The molecule has 78 valence electrons. The molecule has 1 aromatic heterocycles. The monoisotopic (exact) mass is 221 g/mol. The number of rotatable bonds is 3. The Morgan fingerprint density at radius 3 is 3.00 bits per heavy atom. The van der Waals surface area contributed by atoms with Crippen molar-refractivity contribution in [3.8, 4) is 5.75 Å². The fraction of sp³-hybridized carbons (Fsp3) is 0.200. The van der Waals surface area contributed by atoms with Gasteiger partial charge in [0.1, 0.15) is 10.8 Å². The zero-order valence-corrected chi connectivity index (χ0v) is 9.03. The first kappa shape index (κ1) is 9.92. The molecular formula is C10H11N3OS. The molecule has 0 bridgehead atoms. The molecule has 1 unspecified atom stereocenters. The molecule has 0 aliphatic rings. The van der Waals surface area contributed by atoms with Crippen molar-refractivity contribution < 1.29 is 5.11 Å². The van der Waals surface area contributed by atoms with Crippen LogP contribution in [0.3, 0.4) is 0 Å². The maximum absolute atomic E-state index is 9.34. The van der Waals surface area contributed by atoms with Crippen molar-refractivity contribution in [2.45, 2.75) is 13.0 Å². The third-order valence-corrected chi connectivity index (χ3v) is 2.69. The van der Waals surface area contributed by atoms with E-state index in [4.69, 9.17) is 0 Å². The van der Waals surface area contributed by atoms with Crippen LogP contribution in [0.4, 0.5) is 5.00 Å². The molecule has 0 saturated heterocycles. The number of anilines is 1. The van der Waals surface area contributed by atoms with E-state index < -0.39 is 0 Å². The quantitative estimate of drug-likeness (QED) is 0.835. The highest BCUT2D eigenvalue weighted by molar-refractivity contribution is 7.09. The molecule has 0 aliphatic carbocycles. The van der Waals surface area contributed by atoms with Gasteiger partial charge in [-0.05, 0) is 24.6 Å². The molecule has 0 radical (unpaired) electrons. The van der Waals surface area contributed by atoms with Gasteiger partial charge in [-0.15, -0.1) is 5.10 Å². The fourth-order valence-corrected chi connectivity index (χ4v) is 1.83. The van der Waals surface area contributed by atoms with Crippen LogP contribution in [0.2, 0.25) is 0 Å². The van der Waals surface area contributed by atoms with Gasteiger partial charge in [0.2, 0.25) is 0 Å². The summed E-state index contributed by atoms with van der Waals surface area (Å²) in [6.07, 6.45) is 1.68. The van der Waals surface area contributed by atoms with Gasteiger partial charge in [0.15, 0.2) is 0 Å². The lowest BCUT2D eigenvalue weighted by molar-refractivity contribution is 0.474.